The molecule has 0 unspecified atom stereocenters. The third-order valence-corrected chi connectivity index (χ3v) is 6.13. The van der Waals surface area contributed by atoms with Crippen LogP contribution in [0.1, 0.15) is 54.3 Å². The summed E-state index contributed by atoms with van der Waals surface area (Å²) in [6, 6.07) is 17.7. The molecule has 9 nitrogen and oxygen atoms in total. The van der Waals surface area contributed by atoms with Gasteiger partial charge in [0.25, 0.3) is 5.91 Å². The number of fused-ring (bicyclic) bond motifs is 1. The molecular weight excluding hydrogens is 539 g/mol. The molecule has 4 aromatic rings. The van der Waals surface area contributed by atoms with Crippen molar-refractivity contribution in [2.24, 2.45) is 0 Å². The fourth-order valence-electron chi connectivity index (χ4n) is 3.97. The Bertz CT molecular complexity index is 1460. The lowest BCUT2D eigenvalue weighted by Crippen LogP contribution is -2.29. The van der Waals surface area contributed by atoms with Crippen LogP contribution in [0.15, 0.2) is 73.2 Å². The number of alkyl halides is 3. The van der Waals surface area contributed by atoms with Crippen molar-refractivity contribution in [3.05, 3.63) is 84.6 Å². The number of pyridine rings is 1. The summed E-state index contributed by atoms with van der Waals surface area (Å²) in [5.74, 6) is -2.18. The maximum absolute atomic E-state index is 12.8. The highest BCUT2D eigenvalue weighted by Gasteiger charge is 2.38. The number of aromatic nitrogens is 3. The molecule has 2 aromatic carbocycles. The molecule has 12 heteroatoms. The van der Waals surface area contributed by atoms with E-state index in [0.29, 0.717) is 24.2 Å². The summed E-state index contributed by atoms with van der Waals surface area (Å²) in [7, 11) is 1.65. The Hall–Kier alpha value is -4.74. The molecule has 0 saturated heterocycles. The van der Waals surface area contributed by atoms with Gasteiger partial charge < -0.3 is 20.7 Å². The third-order valence-electron chi connectivity index (χ3n) is 6.13. The SMILES string of the molecule is CNC(=O)CCCCC[C@H](NC(=O)c1cccnc1)c1ncc(-c2ccc3ccccc3c2)[nH]1.O=C(O)C(F)(F)F. The Balaban J connectivity index is 0.000000587. The van der Waals surface area contributed by atoms with Gasteiger partial charge in [-0.25, -0.2) is 9.78 Å². The Kier molecular flexibility index (Phi) is 11.0. The fourth-order valence-corrected chi connectivity index (χ4v) is 3.97. The number of hydrogen-bond donors (Lipinski definition) is 4. The van der Waals surface area contributed by atoms with Gasteiger partial charge in [0, 0.05) is 31.4 Å². The fraction of sp³-hybridized carbons (Fsp3) is 0.276. The lowest BCUT2D eigenvalue weighted by molar-refractivity contribution is -0.192. The Morgan fingerprint density at radius 3 is 2.37 bits per heavy atom. The molecule has 0 saturated carbocycles. The van der Waals surface area contributed by atoms with E-state index in [0.717, 1.165) is 35.9 Å². The number of imidazole rings is 1. The number of halogens is 3. The molecule has 2 aromatic heterocycles. The van der Waals surface area contributed by atoms with E-state index in [1.165, 1.54) is 5.39 Å². The van der Waals surface area contributed by atoms with Crippen molar-refractivity contribution >= 4 is 28.6 Å². The van der Waals surface area contributed by atoms with Crippen molar-refractivity contribution < 1.29 is 32.7 Å². The van der Waals surface area contributed by atoms with Crippen LogP contribution in [0.25, 0.3) is 22.0 Å². The second-order valence-electron chi connectivity index (χ2n) is 9.09. The van der Waals surface area contributed by atoms with Crippen molar-refractivity contribution in [3.63, 3.8) is 0 Å². The summed E-state index contributed by atoms with van der Waals surface area (Å²) in [5, 5.41) is 15.2. The Labute approximate surface area is 234 Å². The van der Waals surface area contributed by atoms with E-state index < -0.39 is 12.1 Å². The first-order valence-electron chi connectivity index (χ1n) is 12.8. The predicted molar refractivity (Wildman–Crippen MR) is 147 cm³/mol. The second-order valence-corrected chi connectivity index (χ2v) is 9.09. The summed E-state index contributed by atoms with van der Waals surface area (Å²) in [6.45, 7) is 0. The first kappa shape index (κ1) is 30.8. The molecular formula is C29H30F3N5O4. The molecule has 4 N–H and O–H groups in total. The van der Waals surface area contributed by atoms with Crippen molar-refractivity contribution in [2.45, 2.75) is 44.3 Å². The summed E-state index contributed by atoms with van der Waals surface area (Å²) in [6.07, 6.45) is 3.71. The van der Waals surface area contributed by atoms with Crippen molar-refractivity contribution in [1.29, 1.82) is 0 Å². The predicted octanol–water partition coefficient (Wildman–Crippen LogP) is 5.43. The highest BCUT2D eigenvalue weighted by molar-refractivity contribution is 5.94. The minimum absolute atomic E-state index is 0.0486. The van der Waals surface area contributed by atoms with Gasteiger partial charge in [0.05, 0.1) is 23.5 Å². The summed E-state index contributed by atoms with van der Waals surface area (Å²) in [5.41, 5.74) is 2.45. The number of benzene rings is 2. The maximum atomic E-state index is 12.8. The number of rotatable bonds is 10. The second kappa shape index (κ2) is 14.6. The van der Waals surface area contributed by atoms with E-state index in [1.807, 2.05) is 18.3 Å². The minimum atomic E-state index is -5.08. The van der Waals surface area contributed by atoms with Gasteiger partial charge in [-0.3, -0.25) is 14.6 Å². The van der Waals surface area contributed by atoms with E-state index in [2.05, 4.69) is 55.9 Å². The number of amides is 2. The number of nitrogens with zero attached hydrogens (tertiary/aromatic N) is 2. The molecule has 0 spiro atoms. The number of aromatic amines is 1. The summed E-state index contributed by atoms with van der Waals surface area (Å²) < 4.78 is 31.7. The first-order chi connectivity index (χ1) is 19.6. The van der Waals surface area contributed by atoms with Gasteiger partial charge in [0.15, 0.2) is 0 Å². The molecule has 2 heterocycles. The van der Waals surface area contributed by atoms with Crippen LogP contribution in [0, 0.1) is 0 Å². The van der Waals surface area contributed by atoms with Crippen molar-refractivity contribution in [1.82, 2.24) is 25.6 Å². The number of nitrogens with one attached hydrogen (secondary N) is 3. The minimum Gasteiger partial charge on any atom is -0.475 e. The largest absolute Gasteiger partial charge is 0.490 e. The van der Waals surface area contributed by atoms with Crippen LogP contribution < -0.4 is 10.6 Å². The smallest absolute Gasteiger partial charge is 0.475 e. The average Bonchev–Trinajstić information content (AvgIpc) is 3.46. The lowest BCUT2D eigenvalue weighted by Gasteiger charge is -2.17. The monoisotopic (exact) mass is 569 g/mol. The standard InChI is InChI=1S/C27H29N5O2.C2HF3O2/c1-28-25(33)12-4-2-3-11-23(32-27(34)22-10-7-15-29-17-22)26-30-18-24(31-26)21-14-13-19-8-5-6-9-20(19)16-21;3-2(4,5)1(6)7/h5-10,13-18,23H,2-4,11-12H2,1H3,(H,28,33)(H,30,31)(H,32,34);(H,6,7)/t23-;/m0./s1. The van der Waals surface area contributed by atoms with Gasteiger partial charge in [-0.1, -0.05) is 49.2 Å². The van der Waals surface area contributed by atoms with Gasteiger partial charge in [-0.05, 0) is 41.8 Å². The van der Waals surface area contributed by atoms with Crippen LogP contribution in [0.4, 0.5) is 13.2 Å². The number of H-pyrrole nitrogens is 1. The van der Waals surface area contributed by atoms with Crippen LogP contribution in [-0.2, 0) is 9.59 Å². The molecule has 0 radical (unpaired) electrons. The number of carboxylic acids is 1. The zero-order valence-electron chi connectivity index (χ0n) is 22.2. The molecule has 0 aliphatic heterocycles. The number of hydrogen-bond acceptors (Lipinski definition) is 5. The molecule has 0 bridgehead atoms. The van der Waals surface area contributed by atoms with Gasteiger partial charge >= 0.3 is 12.1 Å². The highest BCUT2D eigenvalue weighted by atomic mass is 19.4. The topological polar surface area (TPSA) is 137 Å². The van der Waals surface area contributed by atoms with Crippen LogP contribution >= 0.6 is 0 Å². The van der Waals surface area contributed by atoms with Gasteiger partial charge in [-0.15, -0.1) is 0 Å². The van der Waals surface area contributed by atoms with E-state index in [1.54, 1.807) is 31.6 Å². The zero-order chi connectivity index (χ0) is 29.8. The van der Waals surface area contributed by atoms with E-state index in [-0.39, 0.29) is 17.9 Å². The number of carboxylic acid groups (broad SMARTS) is 1. The van der Waals surface area contributed by atoms with E-state index in [4.69, 9.17) is 9.90 Å². The van der Waals surface area contributed by atoms with E-state index in [9.17, 15) is 22.8 Å². The van der Waals surface area contributed by atoms with Gasteiger partial charge in [-0.2, -0.15) is 13.2 Å². The molecule has 0 fully saturated rings. The lowest BCUT2D eigenvalue weighted by atomic mass is 10.1. The Morgan fingerprint density at radius 2 is 1.71 bits per heavy atom. The van der Waals surface area contributed by atoms with Crippen molar-refractivity contribution in [3.8, 4) is 11.3 Å². The van der Waals surface area contributed by atoms with Crippen LogP contribution in [0.5, 0.6) is 0 Å². The van der Waals surface area contributed by atoms with Gasteiger partial charge in [0.2, 0.25) is 5.91 Å². The number of aliphatic carboxylic acids is 1. The van der Waals surface area contributed by atoms with Crippen LogP contribution in [0.2, 0.25) is 0 Å². The molecule has 0 aliphatic rings. The third kappa shape index (κ3) is 9.45. The summed E-state index contributed by atoms with van der Waals surface area (Å²) >= 11 is 0. The van der Waals surface area contributed by atoms with Crippen LogP contribution in [-0.4, -0.2) is 51.1 Å². The maximum Gasteiger partial charge on any atom is 0.490 e. The average molecular weight is 570 g/mol. The van der Waals surface area contributed by atoms with Crippen molar-refractivity contribution in [2.75, 3.05) is 7.05 Å². The number of carbonyl (C=O) groups is 3. The Morgan fingerprint density at radius 1 is 0.976 bits per heavy atom. The zero-order valence-corrected chi connectivity index (χ0v) is 22.2. The molecule has 1 atom stereocenters. The number of unbranched alkanes of at least 4 members (excludes halogenated alkanes) is 2. The quantitative estimate of drug-likeness (QED) is 0.188. The molecule has 0 aliphatic carbocycles. The number of carbonyl (C=O) groups excluding carboxylic acids is 2. The normalized spacial score (nSPS) is 11.7. The van der Waals surface area contributed by atoms with Gasteiger partial charge in [0.1, 0.15) is 5.82 Å². The van der Waals surface area contributed by atoms with E-state index >= 15 is 0 Å². The molecule has 2 amide bonds. The molecule has 4 rings (SSSR count). The summed E-state index contributed by atoms with van der Waals surface area (Å²) in [4.78, 5) is 45.2. The first-order valence-corrected chi connectivity index (χ1v) is 12.8. The van der Waals surface area contributed by atoms with Crippen LogP contribution in [0.3, 0.4) is 0 Å². The highest BCUT2D eigenvalue weighted by Crippen LogP contribution is 2.26. The molecule has 41 heavy (non-hydrogen) atoms. The molecule has 216 valence electrons.